The highest BCUT2D eigenvalue weighted by molar-refractivity contribution is 6.00. The Morgan fingerprint density at radius 1 is 1.22 bits per heavy atom. The fourth-order valence-corrected chi connectivity index (χ4v) is 1.65. The minimum Gasteiger partial charge on any atom is -0.478 e. The summed E-state index contributed by atoms with van der Waals surface area (Å²) in [5.74, 6) is -0.732. The first-order valence-corrected chi connectivity index (χ1v) is 5.14. The van der Waals surface area contributed by atoms with E-state index in [9.17, 15) is 4.79 Å². The molecular formula is C12H7N3O3. The zero-order chi connectivity index (χ0) is 12.5. The molecule has 0 atom stereocenters. The third-order valence-corrected chi connectivity index (χ3v) is 2.46. The average Bonchev–Trinajstić information content (AvgIpc) is 2.83. The molecule has 0 spiro atoms. The molecule has 6 nitrogen and oxygen atoms in total. The Balaban J connectivity index is 2.23. The van der Waals surface area contributed by atoms with Gasteiger partial charge in [-0.15, -0.1) is 0 Å². The van der Waals surface area contributed by atoms with Crippen molar-refractivity contribution in [3.63, 3.8) is 0 Å². The fourth-order valence-electron chi connectivity index (χ4n) is 1.65. The van der Waals surface area contributed by atoms with E-state index in [1.807, 2.05) is 0 Å². The summed E-state index contributed by atoms with van der Waals surface area (Å²) >= 11 is 0. The summed E-state index contributed by atoms with van der Waals surface area (Å²) in [6.45, 7) is 0. The largest absolute Gasteiger partial charge is 0.478 e. The Morgan fingerprint density at radius 2 is 2.00 bits per heavy atom. The highest BCUT2D eigenvalue weighted by Gasteiger charge is 2.15. The van der Waals surface area contributed by atoms with Gasteiger partial charge in [0.05, 0.1) is 11.1 Å². The van der Waals surface area contributed by atoms with Gasteiger partial charge in [0.25, 0.3) is 0 Å². The molecule has 1 N–H and O–H groups in total. The van der Waals surface area contributed by atoms with Crippen LogP contribution in [0.15, 0.2) is 41.3 Å². The van der Waals surface area contributed by atoms with Gasteiger partial charge < -0.3 is 9.52 Å². The number of nitrogens with zero attached hydrogens (tertiary/aromatic N) is 3. The summed E-state index contributed by atoms with van der Waals surface area (Å²) in [6, 6.07) is 4.77. The van der Waals surface area contributed by atoms with E-state index >= 15 is 0 Å². The molecule has 0 fully saturated rings. The summed E-state index contributed by atoms with van der Waals surface area (Å²) in [5, 5.41) is 9.06. The molecule has 0 radical (unpaired) electrons. The maximum absolute atomic E-state index is 11.1. The predicted octanol–water partition coefficient (Wildman–Crippen LogP) is 1.98. The number of aromatic nitrogens is 3. The molecule has 0 aliphatic carbocycles. The number of fused-ring (bicyclic) bond motifs is 1. The minimum absolute atomic E-state index is 0.111. The highest BCUT2D eigenvalue weighted by Crippen LogP contribution is 2.25. The number of carboxylic acid groups (broad SMARTS) is 1. The number of hydrogen-bond donors (Lipinski definition) is 1. The number of carbonyl (C=O) groups is 1. The molecule has 0 amide bonds. The van der Waals surface area contributed by atoms with E-state index in [4.69, 9.17) is 9.52 Å². The molecule has 18 heavy (non-hydrogen) atoms. The molecule has 3 aromatic rings. The second-order valence-corrected chi connectivity index (χ2v) is 3.60. The zero-order valence-corrected chi connectivity index (χ0v) is 9.07. The number of aromatic carboxylic acids is 1. The summed E-state index contributed by atoms with van der Waals surface area (Å²) < 4.78 is 5.49. The number of oxazole rings is 1. The van der Waals surface area contributed by atoms with Gasteiger partial charge in [-0.25, -0.2) is 19.7 Å². The average molecular weight is 241 g/mol. The van der Waals surface area contributed by atoms with Crippen molar-refractivity contribution in [2.24, 2.45) is 0 Å². The first-order valence-electron chi connectivity index (χ1n) is 5.14. The molecule has 6 heteroatoms. The van der Waals surface area contributed by atoms with Crippen LogP contribution in [0.4, 0.5) is 0 Å². The molecule has 0 saturated heterocycles. The molecule has 0 saturated carbocycles. The Hall–Kier alpha value is -2.76. The normalized spacial score (nSPS) is 10.7. The Bertz CT molecular complexity index is 722. The van der Waals surface area contributed by atoms with Crippen LogP contribution >= 0.6 is 0 Å². The van der Waals surface area contributed by atoms with Crippen molar-refractivity contribution in [2.45, 2.75) is 0 Å². The van der Waals surface area contributed by atoms with Gasteiger partial charge in [0, 0.05) is 12.4 Å². The predicted molar refractivity (Wildman–Crippen MR) is 62.0 cm³/mol. The molecule has 0 bridgehead atoms. The van der Waals surface area contributed by atoms with Crippen LogP contribution in [0, 0.1) is 0 Å². The number of hydrogen-bond acceptors (Lipinski definition) is 5. The van der Waals surface area contributed by atoms with Gasteiger partial charge in [-0.2, -0.15) is 0 Å². The minimum atomic E-state index is -1.04. The van der Waals surface area contributed by atoms with Crippen molar-refractivity contribution < 1.29 is 14.3 Å². The van der Waals surface area contributed by atoms with Crippen LogP contribution in [0.5, 0.6) is 0 Å². The summed E-state index contributed by atoms with van der Waals surface area (Å²) in [5.41, 5.74) is 1.46. The van der Waals surface area contributed by atoms with Crippen LogP contribution in [0.3, 0.4) is 0 Å². The van der Waals surface area contributed by atoms with E-state index in [0.29, 0.717) is 22.6 Å². The van der Waals surface area contributed by atoms with Crippen LogP contribution < -0.4 is 0 Å². The van der Waals surface area contributed by atoms with E-state index < -0.39 is 5.97 Å². The third-order valence-electron chi connectivity index (χ3n) is 2.46. The smallest absolute Gasteiger partial charge is 0.338 e. The van der Waals surface area contributed by atoms with Crippen molar-refractivity contribution in [1.29, 1.82) is 0 Å². The lowest BCUT2D eigenvalue weighted by Gasteiger charge is -1.92. The van der Waals surface area contributed by atoms with Crippen LogP contribution in [0.2, 0.25) is 0 Å². The summed E-state index contributed by atoms with van der Waals surface area (Å²) in [6.07, 6.45) is 4.51. The SMILES string of the molecule is O=C(O)c1cccc2oc(-c3cncnc3)nc12. The van der Waals surface area contributed by atoms with Gasteiger partial charge in [0.15, 0.2) is 5.58 Å². The second kappa shape index (κ2) is 3.92. The second-order valence-electron chi connectivity index (χ2n) is 3.60. The monoisotopic (exact) mass is 241 g/mol. The quantitative estimate of drug-likeness (QED) is 0.737. The van der Waals surface area contributed by atoms with Crippen molar-refractivity contribution >= 4 is 17.1 Å². The van der Waals surface area contributed by atoms with Crippen molar-refractivity contribution in [3.05, 3.63) is 42.5 Å². The summed E-state index contributed by atoms with van der Waals surface area (Å²) in [4.78, 5) is 23.0. The fraction of sp³-hybridized carbons (Fsp3) is 0. The molecule has 2 heterocycles. The Kier molecular flexibility index (Phi) is 2.26. The van der Waals surface area contributed by atoms with E-state index in [2.05, 4.69) is 15.0 Å². The Labute approximate surface area is 101 Å². The number of benzene rings is 1. The maximum atomic E-state index is 11.1. The van der Waals surface area contributed by atoms with Crippen molar-refractivity contribution in [1.82, 2.24) is 15.0 Å². The topological polar surface area (TPSA) is 89.1 Å². The zero-order valence-electron chi connectivity index (χ0n) is 9.07. The lowest BCUT2D eigenvalue weighted by Crippen LogP contribution is -1.96. The van der Waals surface area contributed by atoms with Gasteiger partial charge in [-0.05, 0) is 12.1 Å². The first-order chi connectivity index (χ1) is 8.75. The summed E-state index contributed by atoms with van der Waals surface area (Å²) in [7, 11) is 0. The lowest BCUT2D eigenvalue weighted by atomic mass is 10.2. The van der Waals surface area contributed by atoms with Gasteiger partial charge >= 0.3 is 5.97 Å². The van der Waals surface area contributed by atoms with E-state index in [1.54, 1.807) is 24.5 Å². The highest BCUT2D eigenvalue weighted by atomic mass is 16.4. The van der Waals surface area contributed by atoms with E-state index in [1.165, 1.54) is 12.4 Å². The first kappa shape index (κ1) is 10.4. The lowest BCUT2D eigenvalue weighted by molar-refractivity contribution is 0.0699. The van der Waals surface area contributed by atoms with Crippen molar-refractivity contribution in [3.8, 4) is 11.5 Å². The molecule has 0 aliphatic heterocycles. The molecular weight excluding hydrogens is 234 g/mol. The third kappa shape index (κ3) is 1.60. The molecule has 0 unspecified atom stereocenters. The van der Waals surface area contributed by atoms with Gasteiger partial charge in [-0.3, -0.25) is 0 Å². The van der Waals surface area contributed by atoms with Crippen LogP contribution in [-0.4, -0.2) is 26.0 Å². The van der Waals surface area contributed by atoms with Crippen molar-refractivity contribution in [2.75, 3.05) is 0 Å². The van der Waals surface area contributed by atoms with Gasteiger partial charge in [0.1, 0.15) is 11.8 Å². The van der Waals surface area contributed by atoms with Crippen LogP contribution in [0.25, 0.3) is 22.6 Å². The Morgan fingerprint density at radius 3 is 2.72 bits per heavy atom. The number of carboxylic acids is 1. The molecule has 2 aromatic heterocycles. The van der Waals surface area contributed by atoms with E-state index in [-0.39, 0.29) is 5.56 Å². The van der Waals surface area contributed by atoms with Gasteiger partial charge in [-0.1, -0.05) is 6.07 Å². The molecule has 1 aromatic carbocycles. The number of rotatable bonds is 2. The molecule has 88 valence electrons. The van der Waals surface area contributed by atoms with E-state index in [0.717, 1.165) is 0 Å². The van der Waals surface area contributed by atoms with Crippen LogP contribution in [0.1, 0.15) is 10.4 Å². The maximum Gasteiger partial charge on any atom is 0.338 e. The standard InChI is InChI=1S/C12H7N3O3/c16-12(17)8-2-1-3-9-10(8)15-11(18-9)7-4-13-6-14-5-7/h1-6H,(H,16,17). The van der Waals surface area contributed by atoms with Crippen LogP contribution in [-0.2, 0) is 0 Å². The molecule has 3 rings (SSSR count). The van der Waals surface area contributed by atoms with Gasteiger partial charge in [0.2, 0.25) is 5.89 Å². The number of para-hydroxylation sites is 1. The molecule has 0 aliphatic rings.